The molecule has 5 rings (SSSR count). The summed E-state index contributed by atoms with van der Waals surface area (Å²) >= 11 is 3.26. The predicted octanol–water partition coefficient (Wildman–Crippen LogP) is 3.73. The van der Waals surface area contributed by atoms with Gasteiger partial charge in [-0.1, -0.05) is 17.8 Å². The highest BCUT2D eigenvalue weighted by atomic mass is 32.2. The van der Waals surface area contributed by atoms with Crippen molar-refractivity contribution in [3.05, 3.63) is 56.6 Å². The molecule has 26 heavy (non-hydrogen) atoms. The molecule has 4 heterocycles. The lowest BCUT2D eigenvalue weighted by atomic mass is 10.2. The Hall–Kier alpha value is -2.12. The molecule has 0 radical (unpaired) electrons. The number of pyridine rings is 1. The quantitative estimate of drug-likeness (QED) is 0.400. The minimum Gasteiger partial charge on any atom is -0.307 e. The van der Waals surface area contributed by atoms with Crippen LogP contribution >= 0.6 is 23.1 Å². The van der Waals surface area contributed by atoms with E-state index in [1.54, 1.807) is 27.7 Å². The van der Waals surface area contributed by atoms with Gasteiger partial charge >= 0.3 is 0 Å². The van der Waals surface area contributed by atoms with Gasteiger partial charge in [-0.3, -0.25) is 9.36 Å². The number of imidazole rings is 1. The first-order valence-electron chi connectivity index (χ1n) is 8.68. The maximum atomic E-state index is 12.9. The summed E-state index contributed by atoms with van der Waals surface area (Å²) in [6.45, 7) is 2.07. The van der Waals surface area contributed by atoms with Crippen molar-refractivity contribution in [2.75, 3.05) is 0 Å². The molecule has 1 aliphatic rings. The fraction of sp³-hybridized carbons (Fsp3) is 0.316. The van der Waals surface area contributed by atoms with Crippen LogP contribution in [0.25, 0.3) is 15.9 Å². The van der Waals surface area contributed by atoms with E-state index in [0.717, 1.165) is 46.0 Å². The van der Waals surface area contributed by atoms with Crippen molar-refractivity contribution in [1.82, 2.24) is 18.9 Å². The second-order valence-corrected chi connectivity index (χ2v) is 8.81. The zero-order valence-electron chi connectivity index (χ0n) is 14.7. The van der Waals surface area contributed by atoms with Crippen LogP contribution in [-0.2, 0) is 25.6 Å². The first-order chi connectivity index (χ1) is 12.6. The number of hydrogen-bond acceptors (Lipinski definition) is 5. The van der Waals surface area contributed by atoms with Crippen LogP contribution in [0.2, 0.25) is 0 Å². The van der Waals surface area contributed by atoms with Gasteiger partial charge in [-0.15, -0.1) is 11.3 Å². The zero-order valence-corrected chi connectivity index (χ0v) is 16.3. The molecule has 0 amide bonds. The molecule has 0 saturated heterocycles. The lowest BCUT2D eigenvalue weighted by molar-refractivity contribution is 0.726. The zero-order chi connectivity index (χ0) is 17.8. The maximum absolute atomic E-state index is 12.9. The van der Waals surface area contributed by atoms with Gasteiger partial charge < -0.3 is 4.40 Å². The molecule has 4 aromatic heterocycles. The van der Waals surface area contributed by atoms with Crippen LogP contribution in [0, 0.1) is 6.92 Å². The molecular formula is C19H18N4OS2. The Kier molecular flexibility index (Phi) is 3.68. The number of aryl methyl sites for hydroxylation is 3. The van der Waals surface area contributed by atoms with Gasteiger partial charge in [-0.25, -0.2) is 9.97 Å². The summed E-state index contributed by atoms with van der Waals surface area (Å²) < 4.78 is 3.74. The molecule has 0 aromatic carbocycles. The van der Waals surface area contributed by atoms with Crippen molar-refractivity contribution in [2.45, 2.75) is 37.1 Å². The molecule has 0 saturated carbocycles. The summed E-state index contributed by atoms with van der Waals surface area (Å²) in [5, 5.41) is 1.60. The van der Waals surface area contributed by atoms with Crippen molar-refractivity contribution in [2.24, 2.45) is 7.05 Å². The largest absolute Gasteiger partial charge is 0.307 e. The van der Waals surface area contributed by atoms with E-state index in [1.807, 2.05) is 23.7 Å². The lowest BCUT2D eigenvalue weighted by Crippen LogP contribution is -2.20. The second-order valence-electron chi connectivity index (χ2n) is 6.79. The molecule has 0 aliphatic heterocycles. The van der Waals surface area contributed by atoms with E-state index >= 15 is 0 Å². The number of thioether (sulfide) groups is 1. The SMILES string of the molecule is Cc1ccc2nc(CSc3nc4sc5c(c4c(=O)n3C)CCC5)cn2c1. The lowest BCUT2D eigenvalue weighted by Gasteiger charge is -2.06. The van der Waals surface area contributed by atoms with Gasteiger partial charge in [0.25, 0.3) is 5.56 Å². The van der Waals surface area contributed by atoms with E-state index < -0.39 is 0 Å². The van der Waals surface area contributed by atoms with E-state index in [0.29, 0.717) is 5.75 Å². The summed E-state index contributed by atoms with van der Waals surface area (Å²) in [5.74, 6) is 0.692. The van der Waals surface area contributed by atoms with E-state index in [-0.39, 0.29) is 5.56 Å². The maximum Gasteiger partial charge on any atom is 0.262 e. The molecule has 7 heteroatoms. The smallest absolute Gasteiger partial charge is 0.262 e. The topological polar surface area (TPSA) is 52.2 Å². The van der Waals surface area contributed by atoms with Crippen LogP contribution in [-0.4, -0.2) is 18.9 Å². The summed E-state index contributed by atoms with van der Waals surface area (Å²) in [6.07, 6.45) is 7.38. The highest BCUT2D eigenvalue weighted by Gasteiger charge is 2.22. The fourth-order valence-corrected chi connectivity index (χ4v) is 5.76. The van der Waals surface area contributed by atoms with Gasteiger partial charge in [0.1, 0.15) is 10.5 Å². The van der Waals surface area contributed by atoms with Crippen molar-refractivity contribution < 1.29 is 0 Å². The van der Waals surface area contributed by atoms with Gasteiger partial charge in [-0.2, -0.15) is 0 Å². The molecule has 0 unspecified atom stereocenters. The fourth-order valence-electron chi connectivity index (χ4n) is 3.60. The van der Waals surface area contributed by atoms with Crippen LogP contribution in [0.3, 0.4) is 0 Å². The van der Waals surface area contributed by atoms with Crippen LogP contribution in [0.1, 0.15) is 28.1 Å². The molecule has 0 N–H and O–H groups in total. The van der Waals surface area contributed by atoms with E-state index in [4.69, 9.17) is 4.98 Å². The second kappa shape index (κ2) is 5.96. The van der Waals surface area contributed by atoms with E-state index in [9.17, 15) is 4.79 Å². The highest BCUT2D eigenvalue weighted by Crippen LogP contribution is 2.35. The summed E-state index contributed by atoms with van der Waals surface area (Å²) in [4.78, 5) is 24.5. The number of rotatable bonds is 3. The molecular weight excluding hydrogens is 364 g/mol. The Morgan fingerprint density at radius 3 is 3.00 bits per heavy atom. The number of aromatic nitrogens is 4. The minimum atomic E-state index is 0.0857. The Balaban J connectivity index is 1.49. The summed E-state index contributed by atoms with van der Waals surface area (Å²) in [7, 11) is 1.82. The Morgan fingerprint density at radius 1 is 1.23 bits per heavy atom. The molecule has 5 nitrogen and oxygen atoms in total. The number of fused-ring (bicyclic) bond motifs is 4. The standard InChI is InChI=1S/C19H18N4OS2/c1-11-6-7-15-20-12(9-23(15)8-11)10-25-19-21-17-16(18(24)22(19)2)13-4-3-5-14(13)26-17/h6-9H,3-5,10H2,1-2H3. The number of hydrogen-bond donors (Lipinski definition) is 0. The first-order valence-corrected chi connectivity index (χ1v) is 10.5. The first kappa shape index (κ1) is 16.1. The van der Waals surface area contributed by atoms with Crippen LogP contribution in [0.4, 0.5) is 0 Å². The van der Waals surface area contributed by atoms with Gasteiger partial charge in [0.2, 0.25) is 0 Å². The molecule has 0 spiro atoms. The molecule has 0 atom stereocenters. The number of nitrogens with zero attached hydrogens (tertiary/aromatic N) is 4. The van der Waals surface area contributed by atoms with Gasteiger partial charge in [0.05, 0.1) is 11.1 Å². The molecule has 0 bridgehead atoms. The third-order valence-corrected chi connectivity index (χ3v) is 7.15. The Morgan fingerprint density at radius 2 is 2.12 bits per heavy atom. The number of thiophene rings is 1. The minimum absolute atomic E-state index is 0.0857. The third kappa shape index (κ3) is 2.49. The summed E-state index contributed by atoms with van der Waals surface area (Å²) in [6, 6.07) is 4.09. The van der Waals surface area contributed by atoms with Gasteiger partial charge in [0, 0.05) is 30.1 Å². The van der Waals surface area contributed by atoms with Crippen molar-refractivity contribution in [1.29, 1.82) is 0 Å². The van der Waals surface area contributed by atoms with Crippen LogP contribution in [0.5, 0.6) is 0 Å². The van der Waals surface area contributed by atoms with Crippen LogP contribution < -0.4 is 5.56 Å². The van der Waals surface area contributed by atoms with E-state index in [1.165, 1.54) is 16.0 Å². The van der Waals surface area contributed by atoms with E-state index in [2.05, 4.69) is 24.2 Å². The van der Waals surface area contributed by atoms with Crippen LogP contribution in [0.15, 0.2) is 34.5 Å². The Labute approximate surface area is 158 Å². The van der Waals surface area contributed by atoms with Gasteiger partial charge in [-0.05, 0) is 43.4 Å². The normalized spacial score (nSPS) is 13.8. The summed E-state index contributed by atoms with van der Waals surface area (Å²) in [5.41, 5.74) is 4.46. The van der Waals surface area contributed by atoms with Crippen molar-refractivity contribution >= 4 is 39.0 Å². The predicted molar refractivity (Wildman–Crippen MR) is 106 cm³/mol. The molecule has 132 valence electrons. The van der Waals surface area contributed by atoms with Gasteiger partial charge in [0.15, 0.2) is 5.16 Å². The molecule has 1 aliphatic carbocycles. The average Bonchev–Trinajstić information content (AvgIpc) is 3.29. The van der Waals surface area contributed by atoms with Crippen molar-refractivity contribution in [3.63, 3.8) is 0 Å². The van der Waals surface area contributed by atoms with Crippen molar-refractivity contribution in [3.8, 4) is 0 Å². The average molecular weight is 383 g/mol. The molecule has 4 aromatic rings. The monoisotopic (exact) mass is 382 g/mol. The highest BCUT2D eigenvalue weighted by molar-refractivity contribution is 7.98. The molecule has 0 fully saturated rings. The Bertz CT molecular complexity index is 1220. The third-order valence-electron chi connectivity index (χ3n) is 4.90.